The summed E-state index contributed by atoms with van der Waals surface area (Å²) >= 11 is 0. The summed E-state index contributed by atoms with van der Waals surface area (Å²) in [5.41, 5.74) is -0.831. The summed E-state index contributed by atoms with van der Waals surface area (Å²) in [4.78, 5) is 40.8. The van der Waals surface area contributed by atoms with Crippen molar-refractivity contribution in [1.29, 1.82) is 0 Å². The number of halogens is 2. The molecule has 1 unspecified atom stereocenters. The largest absolute Gasteiger partial charge is 0.336 e. The fourth-order valence-corrected chi connectivity index (χ4v) is 3.92. The summed E-state index contributed by atoms with van der Waals surface area (Å²) in [6, 6.07) is 11.3. The molecular formula is C21H19F2N3O3. The molecule has 2 saturated heterocycles. The second-order valence-corrected chi connectivity index (χ2v) is 7.34. The Morgan fingerprint density at radius 3 is 2.62 bits per heavy atom. The third-order valence-electron chi connectivity index (χ3n) is 5.37. The highest BCUT2D eigenvalue weighted by atomic mass is 19.1. The van der Waals surface area contributed by atoms with E-state index in [1.54, 1.807) is 0 Å². The topological polar surface area (TPSA) is 69.7 Å². The molecule has 2 fully saturated rings. The number of amides is 4. The highest BCUT2D eigenvalue weighted by Gasteiger charge is 2.53. The van der Waals surface area contributed by atoms with Gasteiger partial charge in [0.1, 0.15) is 17.2 Å². The van der Waals surface area contributed by atoms with E-state index < -0.39 is 35.0 Å². The normalized spacial score (nSPS) is 21.6. The van der Waals surface area contributed by atoms with Crippen LogP contribution in [0.3, 0.4) is 0 Å². The average molecular weight is 399 g/mol. The van der Waals surface area contributed by atoms with Crippen molar-refractivity contribution in [1.82, 2.24) is 15.1 Å². The molecule has 2 aromatic carbocycles. The summed E-state index contributed by atoms with van der Waals surface area (Å²) in [5, 5.41) is 2.73. The van der Waals surface area contributed by atoms with Gasteiger partial charge >= 0.3 is 6.03 Å². The Bertz CT molecular complexity index is 982. The molecule has 2 heterocycles. The van der Waals surface area contributed by atoms with E-state index in [0.717, 1.165) is 28.7 Å². The van der Waals surface area contributed by atoms with Crippen LogP contribution in [0.2, 0.25) is 0 Å². The van der Waals surface area contributed by atoms with Crippen molar-refractivity contribution in [2.75, 3.05) is 13.1 Å². The lowest BCUT2D eigenvalue weighted by Crippen LogP contribution is -2.59. The van der Waals surface area contributed by atoms with Crippen molar-refractivity contribution in [2.24, 2.45) is 0 Å². The fraction of sp³-hybridized carbons (Fsp3) is 0.286. The maximum absolute atomic E-state index is 14.0. The molecule has 8 heteroatoms. The van der Waals surface area contributed by atoms with Gasteiger partial charge in [-0.1, -0.05) is 30.3 Å². The van der Waals surface area contributed by atoms with Gasteiger partial charge in [-0.25, -0.2) is 13.6 Å². The first-order valence-corrected chi connectivity index (χ1v) is 9.32. The van der Waals surface area contributed by atoms with E-state index in [2.05, 4.69) is 5.32 Å². The zero-order valence-corrected chi connectivity index (χ0v) is 15.5. The van der Waals surface area contributed by atoms with E-state index in [9.17, 15) is 23.2 Å². The van der Waals surface area contributed by atoms with Crippen molar-refractivity contribution >= 4 is 17.8 Å². The van der Waals surface area contributed by atoms with Crippen molar-refractivity contribution in [3.63, 3.8) is 0 Å². The molecule has 4 rings (SSSR count). The van der Waals surface area contributed by atoms with Crippen LogP contribution in [-0.4, -0.2) is 46.3 Å². The van der Waals surface area contributed by atoms with E-state index in [1.807, 2.05) is 30.3 Å². The summed E-state index contributed by atoms with van der Waals surface area (Å²) in [6.45, 7) is 0.329. The molecule has 2 aliphatic rings. The maximum Gasteiger partial charge on any atom is 0.325 e. The van der Waals surface area contributed by atoms with Gasteiger partial charge in [0.2, 0.25) is 0 Å². The number of piperidine rings is 1. The number of nitrogens with one attached hydrogen (secondary N) is 1. The van der Waals surface area contributed by atoms with Gasteiger partial charge in [0.15, 0.2) is 0 Å². The SMILES string of the molecule is O=C(c1cc(F)ccc1F)N1CCCC2(C1)NC(=O)N(Cc1ccccc1)C2=O. The monoisotopic (exact) mass is 399 g/mol. The van der Waals surface area contributed by atoms with Gasteiger partial charge in [0.25, 0.3) is 11.8 Å². The highest BCUT2D eigenvalue weighted by Crippen LogP contribution is 2.30. The smallest absolute Gasteiger partial charge is 0.325 e. The van der Waals surface area contributed by atoms with Gasteiger partial charge < -0.3 is 10.2 Å². The quantitative estimate of drug-likeness (QED) is 0.807. The van der Waals surface area contributed by atoms with Crippen molar-refractivity contribution in [2.45, 2.75) is 24.9 Å². The Balaban J connectivity index is 1.55. The molecule has 1 N–H and O–H groups in total. The molecule has 0 aromatic heterocycles. The third-order valence-corrected chi connectivity index (χ3v) is 5.37. The second kappa shape index (κ2) is 7.27. The van der Waals surface area contributed by atoms with Gasteiger partial charge in [-0.15, -0.1) is 0 Å². The van der Waals surface area contributed by atoms with Gasteiger partial charge in [-0.05, 0) is 36.6 Å². The maximum atomic E-state index is 14.0. The van der Waals surface area contributed by atoms with Crippen molar-refractivity contribution in [3.8, 4) is 0 Å². The number of likely N-dealkylation sites (tertiary alicyclic amines) is 1. The molecular weight excluding hydrogens is 380 g/mol. The molecule has 29 heavy (non-hydrogen) atoms. The molecule has 0 bridgehead atoms. The fourth-order valence-electron chi connectivity index (χ4n) is 3.92. The summed E-state index contributed by atoms with van der Waals surface area (Å²) in [6.07, 6.45) is 0.826. The number of urea groups is 1. The molecule has 6 nitrogen and oxygen atoms in total. The van der Waals surface area contributed by atoms with Gasteiger partial charge in [0.05, 0.1) is 18.7 Å². The number of imide groups is 1. The third kappa shape index (κ3) is 3.46. The van der Waals surface area contributed by atoms with Crippen LogP contribution in [0.5, 0.6) is 0 Å². The summed E-state index contributed by atoms with van der Waals surface area (Å²) < 4.78 is 27.5. The van der Waals surface area contributed by atoms with Crippen LogP contribution < -0.4 is 5.32 Å². The van der Waals surface area contributed by atoms with Crippen LogP contribution >= 0.6 is 0 Å². The molecule has 2 aromatic rings. The lowest BCUT2D eigenvalue weighted by Gasteiger charge is -2.38. The number of benzene rings is 2. The predicted octanol–water partition coefficient (Wildman–Crippen LogP) is 2.69. The zero-order chi connectivity index (χ0) is 20.6. The number of nitrogens with zero attached hydrogens (tertiary/aromatic N) is 2. The summed E-state index contributed by atoms with van der Waals surface area (Å²) in [7, 11) is 0. The molecule has 4 amide bonds. The van der Waals surface area contributed by atoms with Crippen LogP contribution in [0, 0.1) is 11.6 Å². The van der Waals surface area contributed by atoms with Crippen molar-refractivity contribution in [3.05, 3.63) is 71.3 Å². The Kier molecular flexibility index (Phi) is 4.77. The minimum absolute atomic E-state index is 0.0857. The van der Waals surface area contributed by atoms with Crippen LogP contribution in [0.1, 0.15) is 28.8 Å². The average Bonchev–Trinajstić information content (AvgIpc) is 2.94. The number of hydrogen-bond acceptors (Lipinski definition) is 3. The lowest BCUT2D eigenvalue weighted by molar-refractivity contribution is -0.133. The molecule has 1 spiro atoms. The Hall–Kier alpha value is -3.29. The van der Waals surface area contributed by atoms with E-state index in [4.69, 9.17) is 0 Å². The van der Waals surface area contributed by atoms with Crippen LogP contribution in [0.4, 0.5) is 13.6 Å². The highest BCUT2D eigenvalue weighted by molar-refractivity contribution is 6.07. The number of rotatable bonds is 3. The van der Waals surface area contributed by atoms with Crippen molar-refractivity contribution < 1.29 is 23.2 Å². The summed E-state index contributed by atoms with van der Waals surface area (Å²) in [5.74, 6) is -2.67. The first-order valence-electron chi connectivity index (χ1n) is 9.32. The Morgan fingerprint density at radius 2 is 1.86 bits per heavy atom. The van der Waals surface area contributed by atoms with Crippen LogP contribution in [0.15, 0.2) is 48.5 Å². The molecule has 2 aliphatic heterocycles. The van der Waals surface area contributed by atoms with E-state index >= 15 is 0 Å². The minimum Gasteiger partial charge on any atom is -0.336 e. The second-order valence-electron chi connectivity index (χ2n) is 7.34. The van der Waals surface area contributed by atoms with Crippen LogP contribution in [0.25, 0.3) is 0 Å². The Labute approximate surface area is 166 Å². The standard InChI is InChI=1S/C21H19F2N3O3/c22-15-7-8-17(23)16(11-15)18(27)25-10-4-9-21(13-25)19(28)26(20(29)24-21)12-14-5-2-1-3-6-14/h1-3,5-8,11H,4,9-10,12-13H2,(H,24,29). The lowest BCUT2D eigenvalue weighted by atomic mass is 9.88. The zero-order valence-electron chi connectivity index (χ0n) is 15.5. The van der Waals surface area contributed by atoms with E-state index in [-0.39, 0.29) is 18.7 Å². The molecule has 0 radical (unpaired) electrons. The van der Waals surface area contributed by atoms with Gasteiger partial charge in [0, 0.05) is 6.54 Å². The number of carbonyl (C=O) groups is 3. The molecule has 150 valence electrons. The van der Waals surface area contributed by atoms with E-state index in [1.165, 1.54) is 4.90 Å². The van der Waals surface area contributed by atoms with Gasteiger partial charge in [-0.3, -0.25) is 14.5 Å². The number of carbonyl (C=O) groups excluding carboxylic acids is 3. The first-order chi connectivity index (χ1) is 13.9. The minimum atomic E-state index is -1.25. The first kappa shape index (κ1) is 19.0. The molecule has 0 saturated carbocycles. The number of hydrogen-bond donors (Lipinski definition) is 1. The van der Waals surface area contributed by atoms with Gasteiger partial charge in [-0.2, -0.15) is 0 Å². The predicted molar refractivity (Wildman–Crippen MR) is 99.8 cm³/mol. The molecule has 1 atom stereocenters. The van der Waals surface area contributed by atoms with E-state index in [0.29, 0.717) is 19.4 Å². The Morgan fingerprint density at radius 1 is 1.10 bits per heavy atom. The molecule has 0 aliphatic carbocycles. The van der Waals surface area contributed by atoms with Crippen LogP contribution in [-0.2, 0) is 11.3 Å².